The van der Waals surface area contributed by atoms with Crippen molar-refractivity contribution in [3.63, 3.8) is 0 Å². The molecule has 1 fully saturated rings. The second-order valence-electron chi connectivity index (χ2n) is 4.53. The Balaban J connectivity index is 2.45. The van der Waals surface area contributed by atoms with E-state index in [0.717, 1.165) is 37.5 Å². The number of carbonyl (C=O) groups is 1. The molecule has 0 spiro atoms. The zero-order valence-electron chi connectivity index (χ0n) is 9.26. The predicted octanol–water partition coefficient (Wildman–Crippen LogP) is 4.77. The summed E-state index contributed by atoms with van der Waals surface area (Å²) in [6.07, 6.45) is 5.30. The Morgan fingerprint density at radius 1 is 1.24 bits per heavy atom. The van der Waals surface area contributed by atoms with Crippen molar-refractivity contribution in [1.29, 1.82) is 0 Å². The third-order valence-corrected chi connectivity index (χ3v) is 5.47. The molecule has 1 saturated carbocycles. The minimum Gasteiger partial charge on any atom is -0.302 e. The quantitative estimate of drug-likeness (QED) is 0.574. The summed E-state index contributed by atoms with van der Waals surface area (Å²) in [5, 5.41) is 1.11. The first-order chi connectivity index (χ1) is 8.10. The summed E-state index contributed by atoms with van der Waals surface area (Å²) in [5.74, 6) is 0. The second-order valence-corrected chi connectivity index (χ2v) is 6.33. The average Bonchev–Trinajstić information content (AvgIpc) is 2.82. The third-order valence-electron chi connectivity index (χ3n) is 3.64. The van der Waals surface area contributed by atoms with Gasteiger partial charge in [0.25, 0.3) is 0 Å². The van der Waals surface area contributed by atoms with Crippen molar-refractivity contribution >= 4 is 45.4 Å². The summed E-state index contributed by atoms with van der Waals surface area (Å²) in [6, 6.07) is 5.69. The van der Waals surface area contributed by atoms with Crippen LogP contribution in [0.3, 0.4) is 0 Å². The lowest BCUT2D eigenvalue weighted by atomic mass is 9.76. The van der Waals surface area contributed by atoms with Crippen LogP contribution >= 0.6 is 39.1 Å². The van der Waals surface area contributed by atoms with Gasteiger partial charge in [-0.25, -0.2) is 0 Å². The molecule has 1 aromatic rings. The van der Waals surface area contributed by atoms with E-state index >= 15 is 0 Å². The number of hydrogen-bond donors (Lipinski definition) is 0. The molecular weight excluding hydrogens is 323 g/mol. The lowest BCUT2D eigenvalue weighted by Gasteiger charge is -2.32. The summed E-state index contributed by atoms with van der Waals surface area (Å²) < 4.78 is 0. The molecule has 4 heteroatoms. The van der Waals surface area contributed by atoms with E-state index in [0.29, 0.717) is 10.0 Å². The van der Waals surface area contributed by atoms with Crippen LogP contribution < -0.4 is 0 Å². The van der Waals surface area contributed by atoms with Crippen molar-refractivity contribution in [2.75, 3.05) is 0 Å². The van der Waals surface area contributed by atoms with Crippen molar-refractivity contribution in [3.05, 3.63) is 33.8 Å². The van der Waals surface area contributed by atoms with Crippen LogP contribution in [0.1, 0.15) is 31.2 Å². The van der Waals surface area contributed by atoms with Crippen molar-refractivity contribution in [2.45, 2.75) is 35.9 Å². The van der Waals surface area contributed by atoms with Gasteiger partial charge < -0.3 is 4.79 Å². The first-order valence-electron chi connectivity index (χ1n) is 5.65. The van der Waals surface area contributed by atoms with Crippen LogP contribution in [0.15, 0.2) is 18.2 Å². The topological polar surface area (TPSA) is 17.1 Å². The second kappa shape index (κ2) is 5.29. The number of rotatable bonds is 3. The summed E-state index contributed by atoms with van der Waals surface area (Å²) in [6.45, 7) is 0. The van der Waals surface area contributed by atoms with E-state index < -0.39 is 0 Å². The highest BCUT2D eigenvalue weighted by Crippen LogP contribution is 2.46. The lowest BCUT2D eigenvalue weighted by molar-refractivity contribution is -0.108. The first-order valence-corrected chi connectivity index (χ1v) is 7.32. The summed E-state index contributed by atoms with van der Waals surface area (Å²) in [4.78, 5) is 11.0. The van der Waals surface area contributed by atoms with Crippen LogP contribution in [0.2, 0.25) is 10.0 Å². The number of carbonyl (C=O) groups excluding carboxylic acids is 1. The summed E-state index contributed by atoms with van der Waals surface area (Å²) in [7, 11) is 0. The van der Waals surface area contributed by atoms with E-state index in [4.69, 9.17) is 23.2 Å². The standard InChI is InChI=1S/C13H13BrCl2O/c14-12(8-17)13(5-1-2-6-13)9-3-4-10(15)11(16)7-9/h3-4,7-8,12H,1-2,5-6H2. The number of benzene rings is 1. The van der Waals surface area contributed by atoms with Gasteiger partial charge >= 0.3 is 0 Å². The molecule has 1 atom stereocenters. The molecule has 0 amide bonds. The highest BCUT2D eigenvalue weighted by Gasteiger charge is 2.41. The molecular formula is C13H13BrCl2O. The van der Waals surface area contributed by atoms with Gasteiger partial charge in [0.1, 0.15) is 6.29 Å². The van der Waals surface area contributed by atoms with Gasteiger partial charge in [-0.05, 0) is 30.5 Å². The van der Waals surface area contributed by atoms with Crippen molar-refractivity contribution < 1.29 is 4.79 Å². The van der Waals surface area contributed by atoms with Crippen LogP contribution in [0.4, 0.5) is 0 Å². The third kappa shape index (κ3) is 2.40. The molecule has 0 radical (unpaired) electrons. The lowest BCUT2D eigenvalue weighted by Crippen LogP contribution is -2.34. The number of hydrogen-bond acceptors (Lipinski definition) is 1. The molecule has 2 rings (SSSR count). The van der Waals surface area contributed by atoms with Crippen LogP contribution in [0.5, 0.6) is 0 Å². The minimum absolute atomic E-state index is 0.115. The van der Waals surface area contributed by atoms with E-state index in [-0.39, 0.29) is 10.2 Å². The van der Waals surface area contributed by atoms with Gasteiger partial charge in [0.15, 0.2) is 0 Å². The highest BCUT2D eigenvalue weighted by molar-refractivity contribution is 9.10. The molecule has 17 heavy (non-hydrogen) atoms. The molecule has 0 N–H and O–H groups in total. The van der Waals surface area contributed by atoms with E-state index in [1.165, 1.54) is 0 Å². The fourth-order valence-electron chi connectivity index (χ4n) is 2.67. The van der Waals surface area contributed by atoms with Gasteiger partial charge in [0, 0.05) is 5.41 Å². The SMILES string of the molecule is O=CC(Br)C1(c2ccc(Cl)c(Cl)c2)CCCC1. The largest absolute Gasteiger partial charge is 0.302 e. The van der Waals surface area contributed by atoms with Gasteiger partial charge in [-0.3, -0.25) is 0 Å². The van der Waals surface area contributed by atoms with Crippen LogP contribution in [0, 0.1) is 0 Å². The monoisotopic (exact) mass is 334 g/mol. The Hall–Kier alpha value is -0.0500. The van der Waals surface area contributed by atoms with Gasteiger partial charge in [-0.15, -0.1) is 0 Å². The van der Waals surface area contributed by atoms with Gasteiger partial charge in [0.05, 0.1) is 14.9 Å². The molecule has 1 nitrogen and oxygen atoms in total. The molecule has 0 heterocycles. The fourth-order valence-corrected chi connectivity index (χ4v) is 3.69. The molecule has 1 unspecified atom stereocenters. The minimum atomic E-state index is -0.158. The molecule has 1 aromatic carbocycles. The molecule has 92 valence electrons. The van der Waals surface area contributed by atoms with Crippen LogP contribution in [0.25, 0.3) is 0 Å². The van der Waals surface area contributed by atoms with E-state index in [1.807, 2.05) is 18.2 Å². The van der Waals surface area contributed by atoms with Gasteiger partial charge in [-0.1, -0.05) is 58.0 Å². The Labute approximate surface area is 120 Å². The molecule has 0 aromatic heterocycles. The number of alkyl halides is 1. The molecule has 0 aliphatic heterocycles. The number of halogens is 3. The molecule has 1 aliphatic rings. The number of aldehydes is 1. The highest BCUT2D eigenvalue weighted by atomic mass is 79.9. The van der Waals surface area contributed by atoms with Crippen molar-refractivity contribution in [3.8, 4) is 0 Å². The maximum atomic E-state index is 11.1. The molecule has 1 aliphatic carbocycles. The normalized spacial score (nSPS) is 20.2. The van der Waals surface area contributed by atoms with Crippen molar-refractivity contribution in [1.82, 2.24) is 0 Å². The molecule has 0 saturated heterocycles. The van der Waals surface area contributed by atoms with Gasteiger partial charge in [0.2, 0.25) is 0 Å². The zero-order valence-corrected chi connectivity index (χ0v) is 12.4. The Morgan fingerprint density at radius 2 is 1.88 bits per heavy atom. The van der Waals surface area contributed by atoms with Crippen LogP contribution in [-0.2, 0) is 10.2 Å². The maximum absolute atomic E-state index is 11.1. The Kier molecular flexibility index (Phi) is 4.17. The fraction of sp³-hybridized carbons (Fsp3) is 0.462. The Bertz CT molecular complexity index is 427. The van der Waals surface area contributed by atoms with Gasteiger partial charge in [-0.2, -0.15) is 0 Å². The maximum Gasteiger partial charge on any atom is 0.134 e. The smallest absolute Gasteiger partial charge is 0.134 e. The predicted molar refractivity (Wildman–Crippen MR) is 75.4 cm³/mol. The van der Waals surface area contributed by atoms with Crippen molar-refractivity contribution in [2.24, 2.45) is 0 Å². The summed E-state index contributed by atoms with van der Waals surface area (Å²) in [5.41, 5.74) is 0.995. The molecule has 0 bridgehead atoms. The zero-order chi connectivity index (χ0) is 12.5. The first kappa shape index (κ1) is 13.4. The van der Waals surface area contributed by atoms with Crippen LogP contribution in [-0.4, -0.2) is 11.1 Å². The Morgan fingerprint density at radius 3 is 2.41 bits per heavy atom. The summed E-state index contributed by atoms with van der Waals surface area (Å²) >= 11 is 15.5. The average molecular weight is 336 g/mol. The van der Waals surface area contributed by atoms with E-state index in [9.17, 15) is 4.79 Å². The van der Waals surface area contributed by atoms with E-state index in [2.05, 4.69) is 15.9 Å². The van der Waals surface area contributed by atoms with E-state index in [1.54, 1.807) is 0 Å².